The minimum absolute atomic E-state index is 0.136. The molecule has 0 fully saturated rings. The van der Waals surface area contributed by atoms with E-state index in [1.165, 1.54) is 12.1 Å². The van der Waals surface area contributed by atoms with E-state index in [1.54, 1.807) is 12.1 Å². The molecule has 0 aromatic heterocycles. The summed E-state index contributed by atoms with van der Waals surface area (Å²) in [6, 6.07) is 6.40. The lowest BCUT2D eigenvalue weighted by Crippen LogP contribution is -2.08. The number of nitrogens with one attached hydrogen (secondary N) is 1. The second kappa shape index (κ2) is 4.26. The van der Waals surface area contributed by atoms with Crippen LogP contribution in [0, 0.1) is 5.53 Å². The van der Waals surface area contributed by atoms with E-state index in [0.717, 1.165) is 5.69 Å². The zero-order valence-corrected chi connectivity index (χ0v) is 9.15. The third kappa shape index (κ3) is 3.21. The molecule has 0 saturated heterocycles. The second-order valence-corrected chi connectivity index (χ2v) is 4.20. The minimum atomic E-state index is -4.13. The van der Waals surface area contributed by atoms with Crippen molar-refractivity contribution in [2.45, 2.75) is 0 Å². The fourth-order valence-electron chi connectivity index (χ4n) is 0.940. The summed E-state index contributed by atoms with van der Waals surface area (Å²) in [4.78, 5) is 1.87. The van der Waals surface area contributed by atoms with Crippen LogP contribution in [-0.2, 0) is 10.3 Å². The first-order valence-electron chi connectivity index (χ1n) is 4.05. The van der Waals surface area contributed by atoms with E-state index >= 15 is 0 Å². The van der Waals surface area contributed by atoms with Gasteiger partial charge in [0, 0.05) is 19.8 Å². The predicted molar refractivity (Wildman–Crippen MR) is 55.5 cm³/mol. The van der Waals surface area contributed by atoms with E-state index in [9.17, 15) is 8.42 Å². The SMILES string of the molecule is CN(C)c1ccc(OS(=O)(=O)N=N)cc1. The van der Waals surface area contributed by atoms with Gasteiger partial charge in [-0.05, 0) is 28.8 Å². The smallest absolute Gasteiger partial charge is 0.378 e. The summed E-state index contributed by atoms with van der Waals surface area (Å²) in [5, 5.41) is 0. The van der Waals surface area contributed by atoms with Gasteiger partial charge < -0.3 is 9.08 Å². The predicted octanol–water partition coefficient (Wildman–Crippen LogP) is 1.41. The van der Waals surface area contributed by atoms with Crippen LogP contribution in [0.25, 0.3) is 0 Å². The highest BCUT2D eigenvalue weighted by Crippen LogP contribution is 2.19. The number of anilines is 1. The highest BCUT2D eigenvalue weighted by atomic mass is 32.2. The van der Waals surface area contributed by atoms with Crippen molar-refractivity contribution in [3.8, 4) is 5.75 Å². The van der Waals surface area contributed by atoms with Gasteiger partial charge in [0.25, 0.3) is 0 Å². The molecule has 7 heteroatoms. The molecule has 1 N–H and O–H groups in total. The molecule has 0 radical (unpaired) electrons. The molecule has 1 aromatic carbocycles. The van der Waals surface area contributed by atoms with Crippen molar-refractivity contribution in [1.82, 2.24) is 0 Å². The molecule has 0 aliphatic heterocycles. The minimum Gasteiger partial charge on any atom is -0.378 e. The quantitative estimate of drug-likeness (QED) is 0.791. The Balaban J connectivity index is 2.86. The van der Waals surface area contributed by atoms with Crippen LogP contribution in [0.3, 0.4) is 0 Å². The molecule has 0 amide bonds. The maximum atomic E-state index is 10.8. The summed E-state index contributed by atoms with van der Waals surface area (Å²) in [5.41, 5.74) is 7.29. The van der Waals surface area contributed by atoms with Gasteiger partial charge in [0.2, 0.25) is 0 Å². The lowest BCUT2D eigenvalue weighted by atomic mass is 10.3. The van der Waals surface area contributed by atoms with Gasteiger partial charge >= 0.3 is 10.3 Å². The molecule has 0 saturated carbocycles. The van der Waals surface area contributed by atoms with E-state index in [-0.39, 0.29) is 5.75 Å². The summed E-state index contributed by atoms with van der Waals surface area (Å²) in [6.07, 6.45) is 0. The Bertz CT molecular complexity index is 439. The monoisotopic (exact) mass is 229 g/mol. The van der Waals surface area contributed by atoms with Crippen molar-refractivity contribution in [2.24, 2.45) is 4.52 Å². The summed E-state index contributed by atoms with van der Waals surface area (Å²) >= 11 is 0. The molecule has 0 spiro atoms. The molecule has 15 heavy (non-hydrogen) atoms. The average Bonchev–Trinajstić information content (AvgIpc) is 2.18. The standard InChI is InChI=1S/C8H11N3O3S/c1-11(2)7-3-5-8(6-4-7)14-15(12,13)10-9/h3-6,9H,1-2H3. The summed E-state index contributed by atoms with van der Waals surface area (Å²) in [5.74, 6) is 0.136. The third-order valence-corrected chi connectivity index (χ3v) is 2.29. The van der Waals surface area contributed by atoms with Gasteiger partial charge in [-0.2, -0.15) is 13.9 Å². The second-order valence-electron chi connectivity index (χ2n) is 2.99. The first kappa shape index (κ1) is 11.4. The molecule has 6 nitrogen and oxygen atoms in total. The van der Waals surface area contributed by atoms with Gasteiger partial charge in [-0.1, -0.05) is 0 Å². The summed E-state index contributed by atoms with van der Waals surface area (Å²) in [7, 11) is -0.394. The van der Waals surface area contributed by atoms with Gasteiger partial charge in [-0.3, -0.25) is 0 Å². The van der Waals surface area contributed by atoms with Crippen LogP contribution in [0.4, 0.5) is 5.69 Å². The summed E-state index contributed by atoms with van der Waals surface area (Å²) < 4.78 is 28.4. The van der Waals surface area contributed by atoms with Crippen molar-refractivity contribution in [1.29, 1.82) is 5.53 Å². The van der Waals surface area contributed by atoms with Crippen molar-refractivity contribution in [2.75, 3.05) is 19.0 Å². The lowest BCUT2D eigenvalue weighted by molar-refractivity contribution is 0.484. The zero-order chi connectivity index (χ0) is 11.5. The Morgan fingerprint density at radius 1 is 1.27 bits per heavy atom. The Morgan fingerprint density at radius 3 is 2.20 bits per heavy atom. The van der Waals surface area contributed by atoms with E-state index < -0.39 is 10.3 Å². The molecule has 0 bridgehead atoms. The normalized spacial score (nSPS) is 10.8. The average molecular weight is 229 g/mol. The Morgan fingerprint density at radius 2 is 1.80 bits per heavy atom. The first-order chi connectivity index (χ1) is 6.94. The molecule has 0 atom stereocenters. The van der Waals surface area contributed by atoms with Crippen LogP contribution in [0.1, 0.15) is 0 Å². The third-order valence-electron chi connectivity index (χ3n) is 1.67. The molecule has 1 aromatic rings. The van der Waals surface area contributed by atoms with Crippen LogP contribution < -0.4 is 9.08 Å². The Labute approximate surface area is 88.2 Å². The zero-order valence-electron chi connectivity index (χ0n) is 8.34. The molecule has 0 aliphatic carbocycles. The van der Waals surface area contributed by atoms with E-state index in [4.69, 9.17) is 5.53 Å². The van der Waals surface area contributed by atoms with Crippen molar-refractivity contribution in [3.63, 3.8) is 0 Å². The van der Waals surface area contributed by atoms with Crippen molar-refractivity contribution < 1.29 is 12.6 Å². The van der Waals surface area contributed by atoms with Crippen LogP contribution in [0.2, 0.25) is 0 Å². The maximum absolute atomic E-state index is 10.8. The van der Waals surface area contributed by atoms with E-state index in [0.29, 0.717) is 0 Å². The molecule has 0 unspecified atom stereocenters. The van der Waals surface area contributed by atoms with Crippen LogP contribution >= 0.6 is 0 Å². The van der Waals surface area contributed by atoms with Gasteiger partial charge in [0.05, 0.1) is 0 Å². The van der Waals surface area contributed by atoms with Crippen LogP contribution in [0.5, 0.6) is 5.75 Å². The lowest BCUT2D eigenvalue weighted by Gasteiger charge is -2.12. The fraction of sp³-hybridized carbons (Fsp3) is 0.250. The number of rotatable bonds is 4. The van der Waals surface area contributed by atoms with Gasteiger partial charge in [-0.25, -0.2) is 0 Å². The number of hydrogen-bond donors (Lipinski definition) is 1. The van der Waals surface area contributed by atoms with E-state index in [1.807, 2.05) is 19.0 Å². The first-order valence-corrected chi connectivity index (χ1v) is 5.41. The van der Waals surface area contributed by atoms with Gasteiger partial charge in [0.1, 0.15) is 5.75 Å². The molecule has 1 rings (SSSR count). The number of nitrogens with zero attached hydrogens (tertiary/aromatic N) is 2. The number of hydrogen-bond acceptors (Lipinski definition) is 5. The molecular formula is C8H11N3O3S. The Kier molecular flexibility index (Phi) is 3.25. The Hall–Kier alpha value is -1.63. The fourth-order valence-corrected chi connectivity index (χ4v) is 1.33. The number of benzene rings is 1. The topological polar surface area (TPSA) is 82.8 Å². The molecular weight excluding hydrogens is 218 g/mol. The van der Waals surface area contributed by atoms with Crippen molar-refractivity contribution >= 4 is 16.0 Å². The van der Waals surface area contributed by atoms with Crippen LogP contribution in [-0.4, -0.2) is 22.5 Å². The van der Waals surface area contributed by atoms with E-state index in [2.05, 4.69) is 8.70 Å². The molecule has 0 aliphatic rings. The van der Waals surface area contributed by atoms with Gasteiger partial charge in [-0.15, -0.1) is 0 Å². The molecule has 0 heterocycles. The molecule has 82 valence electrons. The van der Waals surface area contributed by atoms with Crippen molar-refractivity contribution in [3.05, 3.63) is 24.3 Å². The highest BCUT2D eigenvalue weighted by molar-refractivity contribution is 7.85. The maximum Gasteiger partial charge on any atom is 0.445 e. The largest absolute Gasteiger partial charge is 0.445 e. The van der Waals surface area contributed by atoms with Crippen LogP contribution in [0.15, 0.2) is 28.8 Å². The summed E-state index contributed by atoms with van der Waals surface area (Å²) in [6.45, 7) is 0. The van der Waals surface area contributed by atoms with Gasteiger partial charge in [0.15, 0.2) is 0 Å². The highest BCUT2D eigenvalue weighted by Gasteiger charge is 2.09.